The van der Waals surface area contributed by atoms with Crippen LogP contribution in [0.4, 0.5) is 0 Å². The lowest BCUT2D eigenvalue weighted by molar-refractivity contribution is 0.160. The molecule has 0 aliphatic heterocycles. The monoisotopic (exact) mass is 344 g/mol. The SMILES string of the molecule is CN(Cc1csc(Br)c1)C(CN)C1CCCCCC1. The summed E-state index contributed by atoms with van der Waals surface area (Å²) in [5, 5.41) is 2.24. The highest BCUT2D eigenvalue weighted by Crippen LogP contribution is 2.29. The molecule has 1 unspecified atom stereocenters. The van der Waals surface area contributed by atoms with Gasteiger partial charge in [0.05, 0.1) is 3.79 Å². The third-order valence-electron chi connectivity index (χ3n) is 4.31. The Balaban J connectivity index is 1.95. The maximum atomic E-state index is 6.07. The molecule has 2 rings (SSSR count). The summed E-state index contributed by atoms with van der Waals surface area (Å²) in [7, 11) is 2.23. The van der Waals surface area contributed by atoms with Gasteiger partial charge in [-0.25, -0.2) is 0 Å². The quantitative estimate of drug-likeness (QED) is 0.809. The molecule has 2 nitrogen and oxygen atoms in total. The van der Waals surface area contributed by atoms with Crippen molar-refractivity contribution >= 4 is 27.3 Å². The van der Waals surface area contributed by atoms with Crippen LogP contribution in [0.25, 0.3) is 0 Å². The van der Waals surface area contributed by atoms with E-state index in [0.29, 0.717) is 6.04 Å². The summed E-state index contributed by atoms with van der Waals surface area (Å²) in [6, 6.07) is 2.76. The molecule has 108 valence electrons. The number of nitrogens with zero attached hydrogens (tertiary/aromatic N) is 1. The Morgan fingerprint density at radius 1 is 1.37 bits per heavy atom. The van der Waals surface area contributed by atoms with Crippen molar-refractivity contribution in [2.45, 2.75) is 51.1 Å². The smallest absolute Gasteiger partial charge is 0.0701 e. The molecule has 0 radical (unpaired) electrons. The van der Waals surface area contributed by atoms with Crippen molar-refractivity contribution < 1.29 is 0 Å². The van der Waals surface area contributed by atoms with Crippen molar-refractivity contribution in [3.05, 3.63) is 20.8 Å². The largest absolute Gasteiger partial charge is 0.329 e. The molecule has 0 amide bonds. The van der Waals surface area contributed by atoms with Crippen LogP contribution in [0.5, 0.6) is 0 Å². The molecule has 1 heterocycles. The van der Waals surface area contributed by atoms with Gasteiger partial charge in [0.15, 0.2) is 0 Å². The van der Waals surface area contributed by atoms with Crippen LogP contribution in [0.1, 0.15) is 44.1 Å². The molecule has 1 aromatic rings. The van der Waals surface area contributed by atoms with E-state index in [1.54, 1.807) is 11.3 Å². The van der Waals surface area contributed by atoms with Crippen molar-refractivity contribution in [1.29, 1.82) is 0 Å². The first-order valence-corrected chi connectivity index (χ1v) is 9.01. The van der Waals surface area contributed by atoms with Crippen molar-refractivity contribution in [2.75, 3.05) is 13.6 Å². The topological polar surface area (TPSA) is 29.3 Å². The van der Waals surface area contributed by atoms with Gasteiger partial charge in [-0.1, -0.05) is 25.7 Å². The third kappa shape index (κ3) is 4.55. The number of nitrogens with two attached hydrogens (primary N) is 1. The van der Waals surface area contributed by atoms with E-state index in [1.165, 1.54) is 47.9 Å². The average Bonchev–Trinajstić information content (AvgIpc) is 2.65. The number of likely N-dealkylation sites (N-methyl/N-ethyl adjacent to an activating group) is 1. The lowest BCUT2D eigenvalue weighted by Gasteiger charge is -2.33. The van der Waals surface area contributed by atoms with Crippen molar-refractivity contribution in [3.63, 3.8) is 0 Å². The van der Waals surface area contributed by atoms with E-state index in [2.05, 4.69) is 39.3 Å². The summed E-state index contributed by atoms with van der Waals surface area (Å²) in [5.41, 5.74) is 7.46. The zero-order valence-electron chi connectivity index (χ0n) is 11.8. The van der Waals surface area contributed by atoms with Gasteiger partial charge in [0.1, 0.15) is 0 Å². The van der Waals surface area contributed by atoms with Crippen LogP contribution in [0, 0.1) is 5.92 Å². The van der Waals surface area contributed by atoms with Gasteiger partial charge < -0.3 is 5.73 Å². The number of hydrogen-bond acceptors (Lipinski definition) is 3. The maximum absolute atomic E-state index is 6.07. The second-order valence-electron chi connectivity index (χ2n) is 5.73. The van der Waals surface area contributed by atoms with Gasteiger partial charge in [-0.05, 0) is 58.7 Å². The summed E-state index contributed by atoms with van der Waals surface area (Å²) in [6.07, 6.45) is 8.32. The zero-order chi connectivity index (χ0) is 13.7. The maximum Gasteiger partial charge on any atom is 0.0701 e. The summed E-state index contributed by atoms with van der Waals surface area (Å²) in [5.74, 6) is 0.791. The van der Waals surface area contributed by atoms with Crippen LogP contribution < -0.4 is 5.73 Å². The van der Waals surface area contributed by atoms with Crippen molar-refractivity contribution in [1.82, 2.24) is 4.90 Å². The second-order valence-corrected chi connectivity index (χ2v) is 8.02. The number of thiophene rings is 1. The fraction of sp³-hybridized carbons (Fsp3) is 0.733. The highest BCUT2D eigenvalue weighted by atomic mass is 79.9. The van der Waals surface area contributed by atoms with E-state index in [-0.39, 0.29) is 0 Å². The highest BCUT2D eigenvalue weighted by molar-refractivity contribution is 9.11. The Morgan fingerprint density at radius 3 is 2.58 bits per heavy atom. The lowest BCUT2D eigenvalue weighted by atomic mass is 9.90. The molecular weight excluding hydrogens is 320 g/mol. The molecule has 1 aliphatic rings. The summed E-state index contributed by atoms with van der Waals surface area (Å²) >= 11 is 5.30. The first kappa shape index (κ1) is 15.5. The van der Waals surface area contributed by atoms with Gasteiger partial charge in [-0.15, -0.1) is 11.3 Å². The summed E-state index contributed by atoms with van der Waals surface area (Å²) < 4.78 is 1.22. The Labute approximate surface area is 129 Å². The molecule has 1 aromatic heterocycles. The standard InChI is InChI=1S/C15H25BrN2S/c1-18(10-12-8-15(16)19-11-12)14(9-17)13-6-4-2-3-5-7-13/h8,11,13-14H,2-7,9-10,17H2,1H3. The molecular formula is C15H25BrN2S. The van der Waals surface area contributed by atoms with Crippen molar-refractivity contribution in [3.8, 4) is 0 Å². The Kier molecular flexibility index (Phi) is 6.33. The minimum atomic E-state index is 0.539. The van der Waals surface area contributed by atoms with Gasteiger partial charge in [-0.2, -0.15) is 0 Å². The van der Waals surface area contributed by atoms with Crippen LogP contribution in [0.15, 0.2) is 15.2 Å². The predicted octanol–water partition coefficient (Wildman–Crippen LogP) is 4.24. The lowest BCUT2D eigenvalue weighted by Crippen LogP contribution is -2.43. The zero-order valence-corrected chi connectivity index (χ0v) is 14.2. The van der Waals surface area contributed by atoms with Crippen LogP contribution in [0.3, 0.4) is 0 Å². The van der Waals surface area contributed by atoms with Gasteiger partial charge in [0, 0.05) is 19.1 Å². The molecule has 1 aliphatic carbocycles. The van der Waals surface area contributed by atoms with E-state index < -0.39 is 0 Å². The van der Waals surface area contributed by atoms with Crippen LogP contribution in [-0.4, -0.2) is 24.5 Å². The normalized spacial score (nSPS) is 19.6. The van der Waals surface area contributed by atoms with Gasteiger partial charge in [0.2, 0.25) is 0 Å². The minimum absolute atomic E-state index is 0.539. The van der Waals surface area contributed by atoms with Crippen molar-refractivity contribution in [2.24, 2.45) is 11.7 Å². The molecule has 0 aromatic carbocycles. The fourth-order valence-electron chi connectivity index (χ4n) is 3.26. The van der Waals surface area contributed by atoms with Crippen LogP contribution in [-0.2, 0) is 6.54 Å². The molecule has 1 fully saturated rings. The second kappa shape index (κ2) is 7.77. The Hall–Kier alpha value is 0.1000. The molecule has 1 saturated carbocycles. The van der Waals surface area contributed by atoms with E-state index in [9.17, 15) is 0 Å². The third-order valence-corrected chi connectivity index (χ3v) is 5.86. The average molecular weight is 345 g/mol. The first-order chi connectivity index (χ1) is 9.20. The van der Waals surface area contributed by atoms with Crippen LogP contribution >= 0.6 is 27.3 Å². The van der Waals surface area contributed by atoms with Gasteiger partial charge >= 0.3 is 0 Å². The predicted molar refractivity (Wildman–Crippen MR) is 87.5 cm³/mol. The van der Waals surface area contributed by atoms with Crippen LogP contribution in [0.2, 0.25) is 0 Å². The molecule has 0 saturated heterocycles. The van der Waals surface area contributed by atoms with E-state index in [4.69, 9.17) is 5.73 Å². The number of halogens is 1. The van der Waals surface area contributed by atoms with E-state index >= 15 is 0 Å². The van der Waals surface area contributed by atoms with Gasteiger partial charge in [0.25, 0.3) is 0 Å². The first-order valence-electron chi connectivity index (χ1n) is 7.34. The molecule has 1 atom stereocenters. The fourth-order valence-corrected chi connectivity index (χ4v) is 4.46. The Morgan fingerprint density at radius 2 is 2.05 bits per heavy atom. The number of rotatable bonds is 5. The molecule has 2 N–H and O–H groups in total. The summed E-state index contributed by atoms with van der Waals surface area (Å²) in [6.45, 7) is 1.80. The summed E-state index contributed by atoms with van der Waals surface area (Å²) in [4.78, 5) is 2.46. The minimum Gasteiger partial charge on any atom is -0.329 e. The molecule has 0 bridgehead atoms. The molecule has 19 heavy (non-hydrogen) atoms. The molecule has 0 spiro atoms. The molecule has 4 heteroatoms. The van der Waals surface area contributed by atoms with E-state index in [0.717, 1.165) is 19.0 Å². The van der Waals surface area contributed by atoms with Gasteiger partial charge in [-0.3, -0.25) is 4.90 Å². The highest BCUT2D eigenvalue weighted by Gasteiger charge is 2.25. The number of hydrogen-bond donors (Lipinski definition) is 1. The Bertz CT molecular complexity index is 372. The van der Waals surface area contributed by atoms with E-state index in [1.807, 2.05) is 0 Å².